The van der Waals surface area contributed by atoms with Gasteiger partial charge in [0.15, 0.2) is 23.0 Å². The first kappa shape index (κ1) is 15.7. The summed E-state index contributed by atoms with van der Waals surface area (Å²) in [4.78, 5) is 0. The van der Waals surface area contributed by atoms with Crippen molar-refractivity contribution in [3.8, 4) is 40.2 Å². The fourth-order valence-electron chi connectivity index (χ4n) is 2.66. The molecule has 0 radical (unpaired) electrons. The molecule has 0 aromatic heterocycles. The number of fused-ring (bicyclic) bond motifs is 1. The van der Waals surface area contributed by atoms with E-state index in [2.05, 4.69) is 0 Å². The monoisotopic (exact) mass is 332 g/mol. The topological polar surface area (TPSA) is 109 Å². The molecular formula is C17H16O7. The Bertz CT molecular complexity index is 840. The van der Waals surface area contributed by atoms with Crippen LogP contribution in [-0.2, 0) is 6.42 Å². The molecule has 0 spiro atoms. The Morgan fingerprint density at radius 3 is 2.21 bits per heavy atom. The molecule has 0 saturated heterocycles. The van der Waals surface area contributed by atoms with Crippen LogP contribution in [0.15, 0.2) is 24.3 Å². The molecule has 0 atom stereocenters. The second-order valence-corrected chi connectivity index (χ2v) is 5.14. The van der Waals surface area contributed by atoms with Crippen LogP contribution >= 0.6 is 0 Å². The van der Waals surface area contributed by atoms with E-state index in [-0.39, 0.29) is 58.0 Å². The van der Waals surface area contributed by atoms with E-state index in [1.165, 1.54) is 32.4 Å². The van der Waals surface area contributed by atoms with Crippen molar-refractivity contribution in [1.82, 2.24) is 0 Å². The fraction of sp³-hybridized carbons (Fsp3) is 0.176. The Morgan fingerprint density at radius 2 is 1.54 bits per heavy atom. The average Bonchev–Trinajstić information content (AvgIpc) is 2.56. The highest BCUT2D eigenvalue weighted by Crippen LogP contribution is 2.50. The van der Waals surface area contributed by atoms with Crippen LogP contribution in [0, 0.1) is 0 Å². The van der Waals surface area contributed by atoms with Gasteiger partial charge >= 0.3 is 0 Å². The van der Waals surface area contributed by atoms with Crippen LogP contribution in [0.5, 0.6) is 40.2 Å². The number of hydrogen-bond acceptors (Lipinski definition) is 7. The maximum absolute atomic E-state index is 10.1. The normalized spacial score (nSPS) is 12.8. The summed E-state index contributed by atoms with van der Waals surface area (Å²) >= 11 is 0. The molecule has 0 saturated carbocycles. The van der Waals surface area contributed by atoms with E-state index in [1.54, 1.807) is 6.08 Å². The lowest BCUT2D eigenvalue weighted by atomic mass is 10.0. The summed E-state index contributed by atoms with van der Waals surface area (Å²) in [6.45, 7) is 0. The summed E-state index contributed by atoms with van der Waals surface area (Å²) in [5.41, 5.74) is 0.597. The van der Waals surface area contributed by atoms with Gasteiger partial charge < -0.3 is 34.6 Å². The minimum Gasteiger partial charge on any atom is -0.507 e. The predicted octanol–water partition coefficient (Wildman–Crippen LogP) is 2.50. The summed E-state index contributed by atoms with van der Waals surface area (Å²) in [6, 6.07) is 3.78. The third-order valence-electron chi connectivity index (χ3n) is 3.77. The average molecular weight is 332 g/mol. The van der Waals surface area contributed by atoms with Crippen molar-refractivity contribution in [1.29, 1.82) is 0 Å². The lowest BCUT2D eigenvalue weighted by molar-refractivity contribution is 0.340. The first-order valence-electron chi connectivity index (χ1n) is 7.07. The molecule has 0 fully saturated rings. The Morgan fingerprint density at radius 1 is 0.875 bits per heavy atom. The number of ether oxygens (including phenoxy) is 3. The second-order valence-electron chi connectivity index (χ2n) is 5.14. The number of aromatic hydroxyl groups is 4. The number of methoxy groups -OCH3 is 2. The van der Waals surface area contributed by atoms with Crippen LogP contribution in [0.3, 0.4) is 0 Å². The lowest BCUT2D eigenvalue weighted by Gasteiger charge is -2.23. The fourth-order valence-corrected chi connectivity index (χ4v) is 2.66. The SMILES string of the molecule is COc1c(O)cc(O)c2c1OC(c1c(O)ccc(O)c1OC)=CC2. The Labute approximate surface area is 137 Å². The molecular weight excluding hydrogens is 316 g/mol. The van der Waals surface area contributed by atoms with Crippen molar-refractivity contribution in [3.63, 3.8) is 0 Å². The molecule has 3 rings (SSSR count). The zero-order chi connectivity index (χ0) is 17.4. The van der Waals surface area contributed by atoms with Gasteiger partial charge in [0.1, 0.15) is 22.8 Å². The molecule has 7 heteroatoms. The van der Waals surface area contributed by atoms with Crippen LogP contribution in [0.4, 0.5) is 0 Å². The summed E-state index contributed by atoms with van der Waals surface area (Å²) in [7, 11) is 2.72. The minimum atomic E-state index is -0.276. The summed E-state index contributed by atoms with van der Waals surface area (Å²) < 4.78 is 16.0. The summed E-state index contributed by atoms with van der Waals surface area (Å²) in [5, 5.41) is 39.9. The molecule has 2 aromatic carbocycles. The number of hydrogen-bond donors (Lipinski definition) is 4. The number of rotatable bonds is 3. The first-order valence-corrected chi connectivity index (χ1v) is 7.07. The van der Waals surface area contributed by atoms with E-state index in [0.717, 1.165) is 0 Å². The molecule has 0 unspecified atom stereocenters. The molecule has 4 N–H and O–H groups in total. The number of allylic oxidation sites excluding steroid dienone is 1. The van der Waals surface area contributed by atoms with E-state index in [4.69, 9.17) is 14.2 Å². The molecule has 0 aliphatic carbocycles. The minimum absolute atomic E-state index is 0.0491. The van der Waals surface area contributed by atoms with Gasteiger partial charge in [0.25, 0.3) is 0 Å². The van der Waals surface area contributed by atoms with E-state index in [9.17, 15) is 20.4 Å². The quantitative estimate of drug-likeness (QED) is 0.639. The van der Waals surface area contributed by atoms with Crippen LogP contribution in [0.25, 0.3) is 5.76 Å². The van der Waals surface area contributed by atoms with E-state index >= 15 is 0 Å². The zero-order valence-electron chi connectivity index (χ0n) is 13.0. The summed E-state index contributed by atoms with van der Waals surface area (Å²) in [6.07, 6.45) is 1.89. The van der Waals surface area contributed by atoms with Crippen molar-refractivity contribution in [2.24, 2.45) is 0 Å². The number of benzene rings is 2. The Kier molecular flexibility index (Phi) is 3.76. The van der Waals surface area contributed by atoms with E-state index < -0.39 is 0 Å². The van der Waals surface area contributed by atoms with Gasteiger partial charge in [-0.1, -0.05) is 0 Å². The molecule has 126 valence electrons. The molecule has 1 aliphatic rings. The first-order chi connectivity index (χ1) is 11.5. The smallest absolute Gasteiger partial charge is 0.204 e. The van der Waals surface area contributed by atoms with Crippen molar-refractivity contribution in [2.75, 3.05) is 14.2 Å². The maximum atomic E-state index is 10.1. The highest BCUT2D eigenvalue weighted by atomic mass is 16.5. The zero-order valence-corrected chi connectivity index (χ0v) is 13.0. The third kappa shape index (κ3) is 2.30. The standard InChI is InChI=1S/C17H16O7/c1-22-16-10(19)5-4-9(18)14(16)13-6-3-8-11(20)7-12(21)17(23-2)15(8)24-13/h4-7,18-21H,3H2,1-2H3. The van der Waals surface area contributed by atoms with E-state index in [0.29, 0.717) is 5.56 Å². The van der Waals surface area contributed by atoms with Crippen LogP contribution in [0.2, 0.25) is 0 Å². The maximum Gasteiger partial charge on any atom is 0.204 e. The van der Waals surface area contributed by atoms with Gasteiger partial charge in [0.05, 0.1) is 14.2 Å². The van der Waals surface area contributed by atoms with Gasteiger partial charge in [-0.05, 0) is 18.2 Å². The number of phenols is 4. The van der Waals surface area contributed by atoms with Gasteiger partial charge in [-0.3, -0.25) is 0 Å². The van der Waals surface area contributed by atoms with Gasteiger partial charge in [-0.2, -0.15) is 0 Å². The summed E-state index contributed by atoms with van der Waals surface area (Å²) in [5.74, 6) is -0.268. The largest absolute Gasteiger partial charge is 0.507 e. The van der Waals surface area contributed by atoms with Gasteiger partial charge in [-0.15, -0.1) is 0 Å². The molecule has 0 bridgehead atoms. The Hall–Kier alpha value is -3.22. The molecule has 1 aliphatic heterocycles. The van der Waals surface area contributed by atoms with Gasteiger partial charge in [0, 0.05) is 18.1 Å². The van der Waals surface area contributed by atoms with Crippen molar-refractivity contribution in [3.05, 3.63) is 35.4 Å². The van der Waals surface area contributed by atoms with Crippen LogP contribution in [0.1, 0.15) is 11.1 Å². The lowest BCUT2D eigenvalue weighted by Crippen LogP contribution is -2.07. The molecule has 7 nitrogen and oxygen atoms in total. The van der Waals surface area contributed by atoms with E-state index in [1.807, 2.05) is 0 Å². The predicted molar refractivity (Wildman–Crippen MR) is 85.0 cm³/mol. The highest BCUT2D eigenvalue weighted by molar-refractivity contribution is 5.78. The van der Waals surface area contributed by atoms with Gasteiger partial charge in [0.2, 0.25) is 5.75 Å². The van der Waals surface area contributed by atoms with Crippen molar-refractivity contribution < 1.29 is 34.6 Å². The van der Waals surface area contributed by atoms with Gasteiger partial charge in [-0.25, -0.2) is 0 Å². The van der Waals surface area contributed by atoms with Crippen molar-refractivity contribution >= 4 is 5.76 Å². The highest BCUT2D eigenvalue weighted by Gasteiger charge is 2.28. The molecule has 24 heavy (non-hydrogen) atoms. The molecule has 1 heterocycles. The van der Waals surface area contributed by atoms with Crippen LogP contribution in [-0.4, -0.2) is 34.6 Å². The molecule has 0 amide bonds. The third-order valence-corrected chi connectivity index (χ3v) is 3.77. The van der Waals surface area contributed by atoms with Crippen molar-refractivity contribution in [2.45, 2.75) is 6.42 Å². The second kappa shape index (κ2) is 5.77. The Balaban J connectivity index is 2.15. The molecule has 2 aromatic rings. The van der Waals surface area contributed by atoms with Crippen LogP contribution < -0.4 is 14.2 Å². The number of phenolic OH excluding ortho intramolecular Hbond substituents is 4.